The van der Waals surface area contributed by atoms with Gasteiger partial charge in [0.05, 0.1) is 24.6 Å². The zero-order valence-corrected chi connectivity index (χ0v) is 11.0. The van der Waals surface area contributed by atoms with Crippen LogP contribution in [0, 0.1) is 5.82 Å². The number of anilines is 2. The molecule has 0 aromatic heterocycles. The Kier molecular flexibility index (Phi) is 3.01. The van der Waals surface area contributed by atoms with Crippen LogP contribution in [0.3, 0.4) is 0 Å². The molecule has 104 valence electrons. The van der Waals surface area contributed by atoms with Gasteiger partial charge in [0.1, 0.15) is 0 Å². The molecule has 2 aliphatic heterocycles. The van der Waals surface area contributed by atoms with Crippen LogP contribution in [0.15, 0.2) is 12.1 Å². The van der Waals surface area contributed by atoms with E-state index in [9.17, 15) is 9.50 Å². The first-order valence-electron chi connectivity index (χ1n) is 6.69. The maximum atomic E-state index is 13.6. The lowest BCUT2D eigenvalue weighted by Crippen LogP contribution is -2.45. The van der Waals surface area contributed by atoms with Gasteiger partial charge in [-0.25, -0.2) is 4.39 Å². The second kappa shape index (κ2) is 4.56. The zero-order valence-electron chi connectivity index (χ0n) is 11.0. The molecule has 1 aromatic rings. The maximum Gasteiger partial charge on any atom is 0.167 e. The monoisotopic (exact) mass is 266 g/mol. The van der Waals surface area contributed by atoms with Crippen LogP contribution in [0.2, 0.25) is 0 Å². The van der Waals surface area contributed by atoms with Crippen molar-refractivity contribution in [2.24, 2.45) is 0 Å². The Hall–Kier alpha value is -1.49. The largest absolute Gasteiger partial charge is 0.494 e. The highest BCUT2D eigenvalue weighted by Crippen LogP contribution is 2.43. The normalized spacial score (nSPS) is 29.6. The van der Waals surface area contributed by atoms with Crippen molar-refractivity contribution in [1.29, 1.82) is 0 Å². The van der Waals surface area contributed by atoms with Crippen molar-refractivity contribution < 1.29 is 14.2 Å². The predicted molar refractivity (Wildman–Crippen MR) is 71.9 cm³/mol. The summed E-state index contributed by atoms with van der Waals surface area (Å²) in [4.78, 5) is 2.24. The molecule has 2 fully saturated rings. The minimum atomic E-state index is -0.437. The lowest BCUT2D eigenvalue weighted by molar-refractivity contribution is 0.126. The number of ether oxygens (including phenoxy) is 1. The Bertz CT molecular complexity index is 481. The molecular formula is C14H19FN2O2. The van der Waals surface area contributed by atoms with E-state index in [1.807, 2.05) is 0 Å². The van der Waals surface area contributed by atoms with Gasteiger partial charge in [-0.2, -0.15) is 0 Å². The molecule has 5 heteroatoms. The molecule has 0 amide bonds. The number of halogens is 1. The quantitative estimate of drug-likeness (QED) is 0.803. The fourth-order valence-electron chi connectivity index (χ4n) is 3.48. The first kappa shape index (κ1) is 12.5. The Labute approximate surface area is 112 Å². The van der Waals surface area contributed by atoms with Crippen LogP contribution < -0.4 is 15.4 Å². The first-order valence-corrected chi connectivity index (χ1v) is 6.69. The van der Waals surface area contributed by atoms with Crippen molar-refractivity contribution in [2.75, 3.05) is 17.7 Å². The van der Waals surface area contributed by atoms with Crippen LogP contribution in [-0.4, -0.2) is 30.4 Å². The van der Waals surface area contributed by atoms with Gasteiger partial charge in [-0.15, -0.1) is 0 Å². The summed E-state index contributed by atoms with van der Waals surface area (Å²) in [6, 6.07) is 3.59. The van der Waals surface area contributed by atoms with E-state index in [-0.39, 0.29) is 11.9 Å². The smallest absolute Gasteiger partial charge is 0.167 e. The van der Waals surface area contributed by atoms with E-state index < -0.39 is 5.82 Å². The number of aliphatic hydroxyl groups is 1. The molecule has 2 saturated heterocycles. The fraction of sp³-hybridized carbons (Fsp3) is 0.571. The summed E-state index contributed by atoms with van der Waals surface area (Å²) in [5.74, 6) is -0.220. The van der Waals surface area contributed by atoms with Gasteiger partial charge in [0, 0.05) is 24.2 Å². The molecule has 0 saturated carbocycles. The summed E-state index contributed by atoms with van der Waals surface area (Å²) in [5.41, 5.74) is 7.23. The number of piperidine rings is 1. The Morgan fingerprint density at radius 1 is 1.32 bits per heavy atom. The fourth-order valence-corrected chi connectivity index (χ4v) is 3.48. The van der Waals surface area contributed by atoms with Crippen LogP contribution in [0.25, 0.3) is 0 Å². The molecule has 3 rings (SSSR count). The van der Waals surface area contributed by atoms with Crippen molar-refractivity contribution in [3.05, 3.63) is 17.9 Å². The number of hydrogen-bond acceptors (Lipinski definition) is 4. The van der Waals surface area contributed by atoms with Crippen molar-refractivity contribution in [1.82, 2.24) is 0 Å². The molecule has 2 unspecified atom stereocenters. The highest BCUT2D eigenvalue weighted by atomic mass is 19.1. The van der Waals surface area contributed by atoms with Crippen LogP contribution in [0.1, 0.15) is 25.7 Å². The molecule has 0 aliphatic carbocycles. The van der Waals surface area contributed by atoms with E-state index >= 15 is 0 Å². The van der Waals surface area contributed by atoms with E-state index in [1.165, 1.54) is 13.2 Å². The Morgan fingerprint density at radius 3 is 2.53 bits per heavy atom. The summed E-state index contributed by atoms with van der Waals surface area (Å²) < 4.78 is 18.6. The number of nitrogens with two attached hydrogens (primary N) is 1. The molecule has 2 atom stereocenters. The summed E-state index contributed by atoms with van der Waals surface area (Å²) in [6.07, 6.45) is 3.41. The number of aliphatic hydroxyl groups excluding tert-OH is 1. The van der Waals surface area contributed by atoms with Crippen LogP contribution in [0.4, 0.5) is 15.8 Å². The van der Waals surface area contributed by atoms with Crippen molar-refractivity contribution in [2.45, 2.75) is 43.9 Å². The third-order valence-electron chi connectivity index (χ3n) is 4.29. The standard InChI is InChI=1S/C14H19FN2O2/c1-19-14-7-13(12(16)6-11(14)15)17-8-2-3-9(17)5-10(18)4-8/h6-10,18H,2-5,16H2,1H3. The number of methoxy groups -OCH3 is 1. The van der Waals surface area contributed by atoms with Gasteiger partial charge in [-0.1, -0.05) is 0 Å². The van der Waals surface area contributed by atoms with E-state index in [2.05, 4.69) is 4.90 Å². The molecule has 2 heterocycles. The zero-order chi connectivity index (χ0) is 13.6. The van der Waals surface area contributed by atoms with E-state index in [1.54, 1.807) is 6.07 Å². The van der Waals surface area contributed by atoms with E-state index in [0.717, 1.165) is 31.4 Å². The molecule has 1 aromatic carbocycles. The second-order valence-electron chi connectivity index (χ2n) is 5.46. The summed E-state index contributed by atoms with van der Waals surface area (Å²) >= 11 is 0. The Morgan fingerprint density at radius 2 is 1.95 bits per heavy atom. The van der Waals surface area contributed by atoms with Gasteiger partial charge in [0.2, 0.25) is 0 Å². The lowest BCUT2D eigenvalue weighted by atomic mass is 9.98. The van der Waals surface area contributed by atoms with Crippen LogP contribution in [0.5, 0.6) is 5.75 Å². The maximum absolute atomic E-state index is 13.6. The van der Waals surface area contributed by atoms with Crippen molar-refractivity contribution in [3.63, 3.8) is 0 Å². The highest BCUT2D eigenvalue weighted by molar-refractivity contribution is 5.71. The highest BCUT2D eigenvalue weighted by Gasteiger charge is 2.41. The van der Waals surface area contributed by atoms with Gasteiger partial charge in [0.15, 0.2) is 11.6 Å². The first-order chi connectivity index (χ1) is 9.10. The number of benzene rings is 1. The van der Waals surface area contributed by atoms with Gasteiger partial charge < -0.3 is 20.5 Å². The average Bonchev–Trinajstić information content (AvgIpc) is 2.63. The summed E-state index contributed by atoms with van der Waals surface area (Å²) in [7, 11) is 1.45. The van der Waals surface area contributed by atoms with Crippen molar-refractivity contribution >= 4 is 11.4 Å². The summed E-state index contributed by atoms with van der Waals surface area (Å²) in [6.45, 7) is 0. The molecule has 2 aliphatic rings. The van der Waals surface area contributed by atoms with Gasteiger partial charge in [0.25, 0.3) is 0 Å². The lowest BCUT2D eigenvalue weighted by Gasteiger charge is -2.39. The molecule has 2 bridgehead atoms. The topological polar surface area (TPSA) is 58.7 Å². The minimum Gasteiger partial charge on any atom is -0.494 e. The summed E-state index contributed by atoms with van der Waals surface area (Å²) in [5, 5.41) is 9.83. The van der Waals surface area contributed by atoms with Crippen molar-refractivity contribution in [3.8, 4) is 5.75 Å². The van der Waals surface area contributed by atoms with Gasteiger partial charge in [-0.3, -0.25) is 0 Å². The third-order valence-corrected chi connectivity index (χ3v) is 4.29. The average molecular weight is 266 g/mol. The SMILES string of the molecule is COc1cc(N2C3CCC2CC(O)C3)c(N)cc1F. The number of rotatable bonds is 2. The number of nitrogen functional groups attached to an aromatic ring is 1. The van der Waals surface area contributed by atoms with E-state index in [0.29, 0.717) is 17.8 Å². The molecule has 0 radical (unpaired) electrons. The van der Waals surface area contributed by atoms with Gasteiger partial charge >= 0.3 is 0 Å². The number of hydrogen-bond donors (Lipinski definition) is 2. The minimum absolute atomic E-state index is 0.217. The van der Waals surface area contributed by atoms with Crippen LogP contribution >= 0.6 is 0 Å². The third kappa shape index (κ3) is 2.02. The van der Waals surface area contributed by atoms with E-state index in [4.69, 9.17) is 10.5 Å². The number of nitrogens with zero attached hydrogens (tertiary/aromatic N) is 1. The molecular weight excluding hydrogens is 247 g/mol. The Balaban J connectivity index is 1.99. The predicted octanol–water partition coefficient (Wildman–Crippen LogP) is 1.91. The number of fused-ring (bicyclic) bond motifs is 2. The molecule has 3 N–H and O–H groups in total. The molecule has 4 nitrogen and oxygen atoms in total. The molecule has 0 spiro atoms. The van der Waals surface area contributed by atoms with Crippen LogP contribution in [-0.2, 0) is 0 Å². The second-order valence-corrected chi connectivity index (χ2v) is 5.46. The van der Waals surface area contributed by atoms with Gasteiger partial charge in [-0.05, 0) is 25.7 Å². The molecule has 19 heavy (non-hydrogen) atoms.